The molecule has 1 amide bonds. The number of hydrogen-bond acceptors (Lipinski definition) is 5. The van der Waals surface area contributed by atoms with Crippen LogP contribution in [0.4, 0.5) is 5.69 Å². The quantitative estimate of drug-likeness (QED) is 0.548. The van der Waals surface area contributed by atoms with Crippen LogP contribution < -0.4 is 20.5 Å². The molecule has 1 atom stereocenters. The molecular formula is C29H39ClN4O3. The number of ether oxygens (including phenoxy) is 1. The van der Waals surface area contributed by atoms with E-state index in [9.17, 15) is 9.59 Å². The fourth-order valence-electron chi connectivity index (χ4n) is 6.46. The number of pyridine rings is 1. The number of aromatic nitrogens is 1. The predicted octanol–water partition coefficient (Wildman–Crippen LogP) is 5.08. The number of carbonyl (C=O) groups is 1. The summed E-state index contributed by atoms with van der Waals surface area (Å²) in [5.74, 6) is 0.851. The zero-order valence-corrected chi connectivity index (χ0v) is 23.6. The summed E-state index contributed by atoms with van der Waals surface area (Å²) in [6.45, 7) is 8.10. The Hall–Kier alpha value is -2.51. The van der Waals surface area contributed by atoms with E-state index in [2.05, 4.69) is 41.1 Å². The molecule has 1 unspecified atom stereocenters. The molecule has 2 N–H and O–H groups in total. The van der Waals surface area contributed by atoms with Crippen molar-refractivity contribution in [2.45, 2.75) is 90.6 Å². The van der Waals surface area contributed by atoms with Gasteiger partial charge in [-0.05, 0) is 104 Å². The van der Waals surface area contributed by atoms with Crippen LogP contribution in [0.5, 0.6) is 5.75 Å². The Kier molecular flexibility index (Phi) is 6.82. The molecule has 1 aromatic heterocycles. The van der Waals surface area contributed by atoms with E-state index in [1.165, 1.54) is 0 Å². The molecule has 2 saturated carbocycles. The third-order valence-corrected chi connectivity index (χ3v) is 9.03. The largest absolute Gasteiger partial charge is 0.464 e. The van der Waals surface area contributed by atoms with Gasteiger partial charge in [-0.25, -0.2) is 0 Å². The predicted molar refractivity (Wildman–Crippen MR) is 148 cm³/mol. The minimum atomic E-state index is -0.476. The molecule has 0 bridgehead atoms. The summed E-state index contributed by atoms with van der Waals surface area (Å²) in [7, 11) is 4.33. The highest BCUT2D eigenvalue weighted by Gasteiger charge is 2.54. The van der Waals surface area contributed by atoms with Crippen molar-refractivity contribution in [2.24, 2.45) is 5.92 Å². The average molecular weight is 527 g/mol. The molecule has 37 heavy (non-hydrogen) atoms. The summed E-state index contributed by atoms with van der Waals surface area (Å²) in [4.78, 5) is 33.4. The highest BCUT2D eigenvalue weighted by molar-refractivity contribution is 6.33. The van der Waals surface area contributed by atoms with E-state index in [0.29, 0.717) is 39.9 Å². The van der Waals surface area contributed by atoms with Crippen LogP contribution in [0.3, 0.4) is 0 Å². The lowest BCUT2D eigenvalue weighted by molar-refractivity contribution is 0.0104. The molecule has 0 spiro atoms. The van der Waals surface area contributed by atoms with E-state index < -0.39 is 5.72 Å². The fourth-order valence-corrected chi connectivity index (χ4v) is 6.70. The molecule has 2 aromatic rings. The normalized spacial score (nSPS) is 25.2. The van der Waals surface area contributed by atoms with Crippen molar-refractivity contribution in [3.63, 3.8) is 0 Å². The van der Waals surface area contributed by atoms with E-state index in [4.69, 9.17) is 16.3 Å². The van der Waals surface area contributed by atoms with Crippen molar-refractivity contribution < 1.29 is 9.53 Å². The van der Waals surface area contributed by atoms with Crippen LogP contribution in [-0.2, 0) is 6.54 Å². The Morgan fingerprint density at radius 2 is 1.84 bits per heavy atom. The summed E-state index contributed by atoms with van der Waals surface area (Å²) in [5, 5.41) is 3.42. The molecule has 8 heteroatoms. The standard InChI is InChI=1S/C29H39ClN4O3/c1-16-13-17(2)32-28(36)23(16)15-31-27(35)22-14-24(30)26-25(18(22)3)34(21-11-12-21)29(4,37-26)19-7-9-20(10-8-19)33(5)6/h13-14,19-21H,7-12,15H2,1-6H3,(H,31,35)(H,32,36). The number of aryl methyl sites for hydroxylation is 2. The molecule has 2 fully saturated rings. The van der Waals surface area contributed by atoms with Gasteiger partial charge >= 0.3 is 0 Å². The van der Waals surface area contributed by atoms with E-state index in [1.807, 2.05) is 26.8 Å². The highest BCUT2D eigenvalue weighted by atomic mass is 35.5. The number of fused-ring (bicyclic) bond motifs is 1. The summed E-state index contributed by atoms with van der Waals surface area (Å²) in [6.07, 6.45) is 6.76. The van der Waals surface area contributed by atoms with Crippen molar-refractivity contribution in [1.82, 2.24) is 15.2 Å². The number of carbonyl (C=O) groups excluding carboxylic acids is 1. The maximum absolute atomic E-state index is 13.4. The molecule has 0 radical (unpaired) electrons. The first kappa shape index (κ1) is 26.1. The molecule has 1 aliphatic heterocycles. The van der Waals surface area contributed by atoms with Crippen LogP contribution >= 0.6 is 11.6 Å². The zero-order chi connectivity index (χ0) is 26.6. The van der Waals surface area contributed by atoms with Crippen LogP contribution in [0.2, 0.25) is 5.02 Å². The van der Waals surface area contributed by atoms with Crippen molar-refractivity contribution in [3.8, 4) is 5.75 Å². The number of rotatable bonds is 6. The second-order valence-electron chi connectivity index (χ2n) is 11.6. The third kappa shape index (κ3) is 4.65. The molecule has 2 aliphatic carbocycles. The molecule has 200 valence electrons. The maximum Gasteiger partial charge on any atom is 0.253 e. The Morgan fingerprint density at radius 3 is 2.43 bits per heavy atom. The SMILES string of the molecule is Cc1cc(C)c(CNC(=O)c2cc(Cl)c3c(c2C)N(C2CC2)C(C)(C2CCC(N(C)C)CC2)O3)c(=O)[nH]1. The third-order valence-electron chi connectivity index (χ3n) is 8.75. The number of benzene rings is 1. The average Bonchev–Trinajstić information content (AvgIpc) is 3.62. The first-order chi connectivity index (χ1) is 17.5. The minimum absolute atomic E-state index is 0.157. The lowest BCUT2D eigenvalue weighted by atomic mass is 9.79. The van der Waals surface area contributed by atoms with E-state index >= 15 is 0 Å². The van der Waals surface area contributed by atoms with Gasteiger partial charge in [0.2, 0.25) is 0 Å². The van der Waals surface area contributed by atoms with Crippen molar-refractivity contribution in [3.05, 3.63) is 55.5 Å². The van der Waals surface area contributed by atoms with Gasteiger partial charge in [0.25, 0.3) is 11.5 Å². The van der Waals surface area contributed by atoms with Crippen LogP contribution in [0.1, 0.15) is 78.2 Å². The van der Waals surface area contributed by atoms with Gasteiger partial charge in [-0.1, -0.05) is 11.6 Å². The van der Waals surface area contributed by atoms with Crippen molar-refractivity contribution in [2.75, 3.05) is 19.0 Å². The van der Waals surface area contributed by atoms with Crippen LogP contribution in [0.25, 0.3) is 0 Å². The maximum atomic E-state index is 13.4. The molecule has 7 nitrogen and oxygen atoms in total. The first-order valence-electron chi connectivity index (χ1n) is 13.5. The van der Waals surface area contributed by atoms with Gasteiger partial charge in [-0.15, -0.1) is 0 Å². The van der Waals surface area contributed by atoms with Crippen molar-refractivity contribution >= 4 is 23.2 Å². The van der Waals surface area contributed by atoms with Gasteiger partial charge in [-0.2, -0.15) is 0 Å². The number of anilines is 1. The number of halogens is 1. The topological polar surface area (TPSA) is 77.7 Å². The Labute approximate surface area is 224 Å². The van der Waals surface area contributed by atoms with Crippen LogP contribution in [0, 0.1) is 26.7 Å². The molecule has 0 saturated heterocycles. The Morgan fingerprint density at radius 1 is 1.16 bits per heavy atom. The smallest absolute Gasteiger partial charge is 0.253 e. The second kappa shape index (κ2) is 9.66. The van der Waals surface area contributed by atoms with Crippen molar-refractivity contribution in [1.29, 1.82) is 0 Å². The van der Waals surface area contributed by atoms with E-state index in [0.717, 1.165) is 61.0 Å². The number of nitrogens with zero attached hydrogens (tertiary/aromatic N) is 2. The van der Waals surface area contributed by atoms with Gasteiger partial charge < -0.3 is 24.8 Å². The van der Waals surface area contributed by atoms with Gasteiger partial charge in [-0.3, -0.25) is 9.59 Å². The number of amides is 1. The number of H-pyrrole nitrogens is 1. The zero-order valence-electron chi connectivity index (χ0n) is 22.8. The van der Waals surface area contributed by atoms with Gasteiger partial charge in [0.15, 0.2) is 11.5 Å². The minimum Gasteiger partial charge on any atom is -0.464 e. The van der Waals surface area contributed by atoms with E-state index in [-0.39, 0.29) is 18.0 Å². The van der Waals surface area contributed by atoms with Crippen LogP contribution in [0.15, 0.2) is 16.9 Å². The number of aromatic amines is 1. The molecule has 1 aromatic carbocycles. The van der Waals surface area contributed by atoms with Gasteiger partial charge in [0.1, 0.15) is 0 Å². The number of nitrogens with one attached hydrogen (secondary N) is 2. The summed E-state index contributed by atoms with van der Waals surface area (Å²) in [6, 6.07) is 4.65. The first-order valence-corrected chi connectivity index (χ1v) is 13.8. The van der Waals surface area contributed by atoms with E-state index in [1.54, 1.807) is 6.07 Å². The fraction of sp³-hybridized carbons (Fsp3) is 0.586. The molecule has 5 rings (SSSR count). The summed E-state index contributed by atoms with van der Waals surface area (Å²) >= 11 is 6.80. The lowest BCUT2D eigenvalue weighted by Crippen LogP contribution is -2.55. The van der Waals surface area contributed by atoms with Gasteiger partial charge in [0, 0.05) is 41.4 Å². The monoisotopic (exact) mass is 526 g/mol. The Balaban J connectivity index is 1.43. The van der Waals surface area contributed by atoms with Crippen LogP contribution in [-0.4, -0.2) is 47.7 Å². The Bertz CT molecular complexity index is 1280. The highest BCUT2D eigenvalue weighted by Crippen LogP contribution is 2.57. The second-order valence-corrected chi connectivity index (χ2v) is 12.0. The molecular weight excluding hydrogens is 488 g/mol. The number of hydrogen-bond donors (Lipinski definition) is 2. The summed E-state index contributed by atoms with van der Waals surface area (Å²) in [5.41, 5.74) is 3.94. The van der Waals surface area contributed by atoms with Gasteiger partial charge in [0.05, 0.1) is 10.7 Å². The molecule has 3 aliphatic rings. The lowest BCUT2D eigenvalue weighted by Gasteiger charge is -2.45. The summed E-state index contributed by atoms with van der Waals surface area (Å²) < 4.78 is 6.77. The molecule has 2 heterocycles.